The number of nitrogens with one attached hydrogen (secondary N) is 1. The van der Waals surface area contributed by atoms with Crippen molar-refractivity contribution < 1.29 is 23.8 Å². The quantitative estimate of drug-likeness (QED) is 0.470. The summed E-state index contributed by atoms with van der Waals surface area (Å²) < 4.78 is 17.0. The molecule has 9 atom stereocenters. The van der Waals surface area contributed by atoms with E-state index in [9.17, 15) is 9.59 Å². The second-order valence-corrected chi connectivity index (χ2v) is 9.47. The summed E-state index contributed by atoms with van der Waals surface area (Å²) in [6, 6.07) is 0. The van der Waals surface area contributed by atoms with E-state index in [4.69, 9.17) is 14.2 Å². The molecule has 9 unspecified atom stereocenters. The zero-order chi connectivity index (χ0) is 18.9. The van der Waals surface area contributed by atoms with Crippen molar-refractivity contribution in [2.45, 2.75) is 89.9 Å². The highest BCUT2D eigenvalue weighted by Gasteiger charge is 2.59. The Labute approximate surface area is 155 Å². The Kier molecular flexibility index (Phi) is 4.16. The van der Waals surface area contributed by atoms with Gasteiger partial charge in [0.1, 0.15) is 0 Å². The predicted molar refractivity (Wildman–Crippen MR) is 94.0 cm³/mol. The van der Waals surface area contributed by atoms with E-state index in [0.717, 1.165) is 19.3 Å². The molecular formula is C20H31NO5. The normalized spacial score (nSPS) is 50.0. The van der Waals surface area contributed by atoms with Crippen LogP contribution < -0.4 is 5.32 Å². The third kappa shape index (κ3) is 3.15. The third-order valence-corrected chi connectivity index (χ3v) is 7.11. The fraction of sp³-hybridized carbons (Fsp3) is 0.900. The van der Waals surface area contributed by atoms with Crippen molar-refractivity contribution in [3.63, 3.8) is 0 Å². The van der Waals surface area contributed by atoms with Crippen molar-refractivity contribution in [1.82, 2.24) is 5.32 Å². The van der Waals surface area contributed by atoms with Crippen LogP contribution in [0.2, 0.25) is 0 Å². The molecule has 0 radical (unpaired) electrons. The second-order valence-electron chi connectivity index (χ2n) is 9.47. The van der Waals surface area contributed by atoms with E-state index >= 15 is 0 Å². The maximum Gasteiger partial charge on any atom is 0.311 e. The molecule has 0 aromatic heterocycles. The van der Waals surface area contributed by atoms with Gasteiger partial charge in [-0.2, -0.15) is 0 Å². The highest BCUT2D eigenvalue weighted by atomic mass is 16.6. The summed E-state index contributed by atoms with van der Waals surface area (Å²) in [6.45, 7) is 10.1. The zero-order valence-electron chi connectivity index (χ0n) is 16.4. The fourth-order valence-electron chi connectivity index (χ4n) is 5.32. The van der Waals surface area contributed by atoms with E-state index in [1.54, 1.807) is 6.92 Å². The van der Waals surface area contributed by atoms with Crippen LogP contribution in [0.4, 0.5) is 0 Å². The largest absolute Gasteiger partial charge is 0.442 e. The van der Waals surface area contributed by atoms with E-state index < -0.39 is 6.23 Å². The summed E-state index contributed by atoms with van der Waals surface area (Å²) >= 11 is 0. The van der Waals surface area contributed by atoms with Crippen molar-refractivity contribution in [3.05, 3.63) is 0 Å². The molecule has 2 aliphatic heterocycles. The van der Waals surface area contributed by atoms with Crippen LogP contribution in [-0.4, -0.2) is 41.5 Å². The maximum atomic E-state index is 12.6. The lowest BCUT2D eigenvalue weighted by molar-refractivity contribution is -0.159. The van der Waals surface area contributed by atoms with Crippen molar-refractivity contribution in [2.75, 3.05) is 0 Å². The molecule has 2 saturated carbocycles. The van der Waals surface area contributed by atoms with Crippen molar-refractivity contribution in [1.29, 1.82) is 0 Å². The molecule has 4 aliphatic rings. The zero-order valence-corrected chi connectivity index (χ0v) is 16.4. The van der Waals surface area contributed by atoms with Crippen molar-refractivity contribution in [3.8, 4) is 0 Å². The van der Waals surface area contributed by atoms with E-state index in [-0.39, 0.29) is 59.0 Å². The molecule has 2 heterocycles. The van der Waals surface area contributed by atoms with Gasteiger partial charge in [0.15, 0.2) is 6.23 Å². The number of carbonyl (C=O) groups excluding carboxylic acids is 2. The van der Waals surface area contributed by atoms with Crippen LogP contribution in [0.3, 0.4) is 0 Å². The molecule has 0 aromatic rings. The number of ether oxygens (including phenoxy) is 3. The lowest BCUT2D eigenvalue weighted by atomic mass is 9.75. The minimum Gasteiger partial charge on any atom is -0.442 e. The van der Waals surface area contributed by atoms with Gasteiger partial charge in [0.05, 0.1) is 29.3 Å². The number of carbonyl (C=O) groups is 2. The average molecular weight is 365 g/mol. The minimum absolute atomic E-state index is 0.0230. The first-order valence-corrected chi connectivity index (χ1v) is 9.98. The van der Waals surface area contributed by atoms with Crippen molar-refractivity contribution >= 4 is 11.9 Å². The number of hydrogen-bond donors (Lipinski definition) is 1. The Morgan fingerprint density at radius 1 is 1.00 bits per heavy atom. The average Bonchev–Trinajstić information content (AvgIpc) is 3.37. The van der Waals surface area contributed by atoms with E-state index in [2.05, 4.69) is 33.0 Å². The summed E-state index contributed by atoms with van der Waals surface area (Å²) in [5, 5.41) is 2.88. The van der Waals surface area contributed by atoms with Gasteiger partial charge in [0.2, 0.25) is 5.91 Å². The lowest BCUT2D eigenvalue weighted by Crippen LogP contribution is -2.45. The molecule has 0 bridgehead atoms. The molecule has 6 heteroatoms. The van der Waals surface area contributed by atoms with Gasteiger partial charge < -0.3 is 19.5 Å². The first-order valence-electron chi connectivity index (χ1n) is 9.98. The van der Waals surface area contributed by atoms with Gasteiger partial charge in [0, 0.05) is 5.92 Å². The topological polar surface area (TPSA) is 80.5 Å². The van der Waals surface area contributed by atoms with Gasteiger partial charge in [-0.15, -0.1) is 0 Å². The molecule has 1 N–H and O–H groups in total. The van der Waals surface area contributed by atoms with Gasteiger partial charge in [-0.3, -0.25) is 9.59 Å². The molecule has 2 saturated heterocycles. The molecule has 6 nitrogen and oxygen atoms in total. The maximum absolute atomic E-state index is 12.6. The summed E-state index contributed by atoms with van der Waals surface area (Å²) in [5.74, 6) is 0.0136. The highest BCUT2D eigenvalue weighted by Crippen LogP contribution is 2.52. The van der Waals surface area contributed by atoms with Crippen LogP contribution in [0, 0.1) is 23.7 Å². The van der Waals surface area contributed by atoms with Gasteiger partial charge >= 0.3 is 5.97 Å². The van der Waals surface area contributed by atoms with Crippen molar-refractivity contribution in [2.24, 2.45) is 23.7 Å². The Bertz CT molecular complexity index is 571. The fourth-order valence-corrected chi connectivity index (χ4v) is 5.32. The standard InChI is InChI=1S/C20H31NO5/c1-10-8-19(4)15(25-19)6-13(10)17(22)21-12(3)24-18(23)14-7-16-20(5,26-16)9-11(14)2/h10-16H,6-9H2,1-5H3,(H,21,22). The molecule has 0 aromatic carbocycles. The highest BCUT2D eigenvalue weighted by molar-refractivity contribution is 5.80. The van der Waals surface area contributed by atoms with Gasteiger partial charge in [-0.25, -0.2) is 0 Å². The molecule has 26 heavy (non-hydrogen) atoms. The summed E-state index contributed by atoms with van der Waals surface area (Å²) in [7, 11) is 0. The lowest BCUT2D eigenvalue weighted by Gasteiger charge is -2.31. The minimum atomic E-state index is -0.615. The van der Waals surface area contributed by atoms with Gasteiger partial charge in [-0.1, -0.05) is 13.8 Å². The number of amides is 1. The SMILES string of the molecule is CC(NC(=O)C1CC2OC2(C)CC1C)OC(=O)C1CC2OC2(C)CC1C. The van der Waals surface area contributed by atoms with Crippen LogP contribution in [0.5, 0.6) is 0 Å². The van der Waals surface area contributed by atoms with E-state index in [1.807, 2.05) is 0 Å². The van der Waals surface area contributed by atoms with E-state index in [1.165, 1.54) is 0 Å². The Morgan fingerprint density at radius 2 is 1.50 bits per heavy atom. The first-order chi connectivity index (χ1) is 12.1. The molecule has 146 valence electrons. The Morgan fingerprint density at radius 3 is 2.08 bits per heavy atom. The third-order valence-electron chi connectivity index (χ3n) is 7.11. The number of fused-ring (bicyclic) bond motifs is 2. The summed E-state index contributed by atoms with van der Waals surface area (Å²) in [6.07, 6.45) is 3.02. The molecular weight excluding hydrogens is 334 g/mol. The van der Waals surface area contributed by atoms with Crippen LogP contribution in [0.25, 0.3) is 0 Å². The molecule has 4 rings (SSSR count). The molecule has 2 aliphatic carbocycles. The van der Waals surface area contributed by atoms with Crippen LogP contribution in [-0.2, 0) is 23.8 Å². The Hall–Kier alpha value is -1.14. The van der Waals surface area contributed by atoms with Crippen LogP contribution in [0.15, 0.2) is 0 Å². The summed E-state index contributed by atoms with van der Waals surface area (Å²) in [5.41, 5.74) is -0.0582. The number of hydrogen-bond acceptors (Lipinski definition) is 5. The van der Waals surface area contributed by atoms with Gasteiger partial charge in [0.25, 0.3) is 0 Å². The number of epoxide rings is 2. The molecule has 1 amide bonds. The van der Waals surface area contributed by atoms with E-state index in [0.29, 0.717) is 6.42 Å². The number of esters is 1. The molecule has 0 spiro atoms. The predicted octanol–water partition coefficient (Wildman–Crippen LogP) is 2.40. The second kappa shape index (κ2) is 5.93. The van der Waals surface area contributed by atoms with Crippen LogP contribution in [0.1, 0.15) is 60.3 Å². The summed E-state index contributed by atoms with van der Waals surface area (Å²) in [4.78, 5) is 25.2. The number of rotatable bonds is 4. The van der Waals surface area contributed by atoms with Crippen LogP contribution >= 0.6 is 0 Å². The Balaban J connectivity index is 1.27. The van der Waals surface area contributed by atoms with Gasteiger partial charge in [-0.05, 0) is 58.3 Å². The monoisotopic (exact) mass is 365 g/mol. The first kappa shape index (κ1) is 18.2. The smallest absolute Gasteiger partial charge is 0.311 e. The molecule has 4 fully saturated rings.